The SMILES string of the molecule is C=C1C=C(C)C(=O)N1CN1C(=O)CC(C(C)(C)CC(C)CC)C1=O. The summed E-state index contributed by atoms with van der Waals surface area (Å²) in [7, 11) is 0. The fourth-order valence-corrected chi connectivity index (χ4v) is 3.66. The molecule has 0 aromatic rings. The molecular weight excluding hydrogens is 304 g/mol. The molecule has 5 heteroatoms. The second-order valence-corrected chi connectivity index (χ2v) is 7.82. The Kier molecular flexibility index (Phi) is 5.02. The highest BCUT2D eigenvalue weighted by Gasteiger charge is 2.47. The highest BCUT2D eigenvalue weighted by molar-refractivity contribution is 6.05. The van der Waals surface area contributed by atoms with E-state index < -0.39 is 0 Å². The van der Waals surface area contributed by atoms with Crippen molar-refractivity contribution in [1.82, 2.24) is 9.80 Å². The summed E-state index contributed by atoms with van der Waals surface area (Å²) >= 11 is 0. The molecule has 3 amide bonds. The maximum Gasteiger partial charge on any atom is 0.255 e. The monoisotopic (exact) mass is 332 g/mol. The van der Waals surface area contributed by atoms with E-state index in [-0.39, 0.29) is 42.1 Å². The zero-order valence-corrected chi connectivity index (χ0v) is 15.4. The minimum Gasteiger partial charge on any atom is -0.290 e. The van der Waals surface area contributed by atoms with Crippen LogP contribution in [0.4, 0.5) is 0 Å². The molecule has 2 rings (SSSR count). The normalized spacial score (nSPS) is 23.4. The van der Waals surface area contributed by atoms with Crippen LogP contribution >= 0.6 is 0 Å². The predicted molar refractivity (Wildman–Crippen MR) is 92.4 cm³/mol. The molecule has 2 aliphatic heterocycles. The number of rotatable bonds is 6. The first kappa shape index (κ1) is 18.4. The number of allylic oxidation sites excluding steroid dienone is 1. The quantitative estimate of drug-likeness (QED) is 0.702. The first-order chi connectivity index (χ1) is 11.1. The van der Waals surface area contributed by atoms with Gasteiger partial charge in [-0.1, -0.05) is 40.7 Å². The van der Waals surface area contributed by atoms with Gasteiger partial charge in [-0.25, -0.2) is 0 Å². The summed E-state index contributed by atoms with van der Waals surface area (Å²) in [6.45, 7) is 13.9. The Labute approximate surface area is 144 Å². The average molecular weight is 332 g/mol. The Hall–Kier alpha value is -1.91. The molecule has 0 aliphatic carbocycles. The van der Waals surface area contributed by atoms with E-state index in [0.717, 1.165) is 12.8 Å². The van der Waals surface area contributed by atoms with Crippen LogP contribution < -0.4 is 0 Å². The number of amides is 3. The molecule has 0 radical (unpaired) electrons. The third kappa shape index (κ3) is 3.30. The molecule has 24 heavy (non-hydrogen) atoms. The van der Waals surface area contributed by atoms with Crippen LogP contribution in [0.2, 0.25) is 0 Å². The van der Waals surface area contributed by atoms with E-state index in [1.165, 1.54) is 9.80 Å². The number of likely N-dealkylation sites (tertiary alicyclic amines) is 1. The van der Waals surface area contributed by atoms with Crippen LogP contribution in [-0.2, 0) is 14.4 Å². The molecule has 0 aromatic carbocycles. The highest BCUT2D eigenvalue weighted by atomic mass is 16.2. The smallest absolute Gasteiger partial charge is 0.255 e. The molecule has 2 unspecified atom stereocenters. The summed E-state index contributed by atoms with van der Waals surface area (Å²) in [6, 6.07) is 0. The summed E-state index contributed by atoms with van der Waals surface area (Å²) in [6.07, 6.45) is 3.85. The topological polar surface area (TPSA) is 57.7 Å². The van der Waals surface area contributed by atoms with Crippen LogP contribution in [0.25, 0.3) is 0 Å². The van der Waals surface area contributed by atoms with Crippen LogP contribution in [-0.4, -0.2) is 34.2 Å². The van der Waals surface area contributed by atoms with Crippen molar-refractivity contribution in [2.45, 2.75) is 53.9 Å². The molecule has 0 bridgehead atoms. The molecule has 1 saturated heterocycles. The average Bonchev–Trinajstić information content (AvgIpc) is 2.91. The molecule has 132 valence electrons. The second kappa shape index (κ2) is 6.54. The molecule has 1 fully saturated rings. The first-order valence-corrected chi connectivity index (χ1v) is 8.61. The van der Waals surface area contributed by atoms with E-state index in [0.29, 0.717) is 17.2 Å². The van der Waals surface area contributed by atoms with Gasteiger partial charge in [0.2, 0.25) is 11.8 Å². The van der Waals surface area contributed by atoms with Gasteiger partial charge in [-0.05, 0) is 30.8 Å². The summed E-state index contributed by atoms with van der Waals surface area (Å²) in [5, 5.41) is 0. The van der Waals surface area contributed by atoms with Crippen molar-refractivity contribution in [2.75, 3.05) is 6.67 Å². The lowest BCUT2D eigenvalue weighted by Gasteiger charge is -2.32. The third-order valence-corrected chi connectivity index (χ3v) is 5.35. The standard InChI is InChI=1S/C19H28N2O3/c1-7-12(2)10-19(5,6)15-9-16(22)21(18(15)24)11-20-14(4)8-13(3)17(20)23/h8,12,15H,4,7,9-11H2,1-3,5-6H3. The molecule has 0 spiro atoms. The number of nitrogens with zero attached hydrogens (tertiary/aromatic N) is 2. The van der Waals surface area contributed by atoms with Crippen molar-refractivity contribution in [2.24, 2.45) is 17.3 Å². The molecule has 0 saturated carbocycles. The van der Waals surface area contributed by atoms with Gasteiger partial charge in [0.05, 0.1) is 5.92 Å². The van der Waals surface area contributed by atoms with E-state index in [1.807, 2.05) is 0 Å². The fourth-order valence-electron chi connectivity index (χ4n) is 3.66. The highest BCUT2D eigenvalue weighted by Crippen LogP contribution is 2.41. The van der Waals surface area contributed by atoms with E-state index in [1.54, 1.807) is 13.0 Å². The van der Waals surface area contributed by atoms with Crippen LogP contribution in [0.3, 0.4) is 0 Å². The number of carbonyl (C=O) groups excluding carboxylic acids is 3. The molecule has 0 N–H and O–H groups in total. The van der Waals surface area contributed by atoms with E-state index in [9.17, 15) is 14.4 Å². The van der Waals surface area contributed by atoms with Gasteiger partial charge in [-0.2, -0.15) is 0 Å². The van der Waals surface area contributed by atoms with E-state index in [2.05, 4.69) is 34.3 Å². The predicted octanol–water partition coefficient (Wildman–Crippen LogP) is 3.08. The van der Waals surface area contributed by atoms with Crippen molar-refractivity contribution < 1.29 is 14.4 Å². The maximum absolute atomic E-state index is 12.8. The Bertz CT molecular complexity index is 618. The van der Waals surface area contributed by atoms with Gasteiger partial charge < -0.3 is 0 Å². The van der Waals surface area contributed by atoms with Crippen LogP contribution in [0.5, 0.6) is 0 Å². The third-order valence-electron chi connectivity index (χ3n) is 5.35. The Morgan fingerprint density at radius 1 is 1.29 bits per heavy atom. The lowest BCUT2D eigenvalue weighted by Crippen LogP contribution is -2.43. The lowest BCUT2D eigenvalue weighted by atomic mass is 9.72. The van der Waals surface area contributed by atoms with Gasteiger partial charge in [0.25, 0.3) is 5.91 Å². The first-order valence-electron chi connectivity index (χ1n) is 8.61. The molecule has 2 aliphatic rings. The second-order valence-electron chi connectivity index (χ2n) is 7.82. The summed E-state index contributed by atoms with van der Waals surface area (Å²) < 4.78 is 0. The van der Waals surface area contributed by atoms with Crippen LogP contribution in [0, 0.1) is 17.3 Å². The summed E-state index contributed by atoms with van der Waals surface area (Å²) in [5.74, 6) is -0.378. The van der Waals surface area contributed by atoms with Gasteiger partial charge in [-0.15, -0.1) is 0 Å². The summed E-state index contributed by atoms with van der Waals surface area (Å²) in [4.78, 5) is 40.0. The van der Waals surface area contributed by atoms with Crippen molar-refractivity contribution in [3.05, 3.63) is 23.9 Å². The molecule has 2 atom stereocenters. The van der Waals surface area contributed by atoms with Gasteiger partial charge in [0, 0.05) is 17.7 Å². The van der Waals surface area contributed by atoms with Gasteiger partial charge >= 0.3 is 0 Å². The van der Waals surface area contributed by atoms with E-state index >= 15 is 0 Å². The Balaban J connectivity index is 2.12. The number of hydrogen-bond donors (Lipinski definition) is 0. The fraction of sp³-hybridized carbons (Fsp3) is 0.632. The number of hydrogen-bond acceptors (Lipinski definition) is 3. The minimum absolute atomic E-state index is 0.0287. The van der Waals surface area contributed by atoms with E-state index in [4.69, 9.17) is 0 Å². The van der Waals surface area contributed by atoms with Crippen molar-refractivity contribution >= 4 is 17.7 Å². The molecular formula is C19H28N2O3. The van der Waals surface area contributed by atoms with Crippen LogP contribution in [0.15, 0.2) is 23.9 Å². The van der Waals surface area contributed by atoms with Gasteiger partial charge in [0.1, 0.15) is 6.67 Å². The van der Waals surface area contributed by atoms with Crippen molar-refractivity contribution in [3.8, 4) is 0 Å². The van der Waals surface area contributed by atoms with Crippen molar-refractivity contribution in [3.63, 3.8) is 0 Å². The number of imide groups is 1. The Morgan fingerprint density at radius 2 is 1.92 bits per heavy atom. The number of carbonyl (C=O) groups is 3. The van der Waals surface area contributed by atoms with Gasteiger partial charge in [-0.3, -0.25) is 24.2 Å². The van der Waals surface area contributed by atoms with Crippen molar-refractivity contribution in [1.29, 1.82) is 0 Å². The zero-order valence-electron chi connectivity index (χ0n) is 15.4. The summed E-state index contributed by atoms with van der Waals surface area (Å²) in [5.41, 5.74) is 0.866. The molecule has 0 aromatic heterocycles. The van der Waals surface area contributed by atoms with Gasteiger partial charge in [0.15, 0.2) is 0 Å². The van der Waals surface area contributed by atoms with Crippen LogP contribution in [0.1, 0.15) is 53.9 Å². The molecule has 5 nitrogen and oxygen atoms in total. The molecule has 2 heterocycles. The maximum atomic E-state index is 12.8. The minimum atomic E-state index is -0.320. The zero-order chi connectivity index (χ0) is 18.2. The Morgan fingerprint density at radius 3 is 2.42 bits per heavy atom. The lowest BCUT2D eigenvalue weighted by molar-refractivity contribution is -0.143. The largest absolute Gasteiger partial charge is 0.290 e.